The molecule has 2 aromatic rings. The quantitative estimate of drug-likeness (QED) is 0.533. The number of aliphatic carboxylic acids is 1. The Bertz CT molecular complexity index is 1010. The van der Waals surface area contributed by atoms with E-state index < -0.39 is 5.97 Å². The van der Waals surface area contributed by atoms with Crippen molar-refractivity contribution in [2.24, 2.45) is 4.99 Å². The first kappa shape index (κ1) is 20.3. The molecular weight excluding hydrogens is 392 g/mol. The number of nitrogens with one attached hydrogen (secondary N) is 1. The van der Waals surface area contributed by atoms with Crippen LogP contribution in [0.4, 0.5) is 5.69 Å². The summed E-state index contributed by atoms with van der Waals surface area (Å²) in [5, 5.41) is 11.8. The molecule has 148 valence electrons. The van der Waals surface area contributed by atoms with Crippen LogP contribution in [0.1, 0.15) is 29.3 Å². The van der Waals surface area contributed by atoms with Crippen molar-refractivity contribution < 1.29 is 24.2 Å². The summed E-state index contributed by atoms with van der Waals surface area (Å²) in [5.74, 6) is -0.657. The van der Waals surface area contributed by atoms with Gasteiger partial charge in [0.1, 0.15) is 5.75 Å². The first-order valence-corrected chi connectivity index (χ1v) is 9.57. The van der Waals surface area contributed by atoms with Gasteiger partial charge < -0.3 is 15.2 Å². The third kappa shape index (κ3) is 5.79. The van der Waals surface area contributed by atoms with Crippen LogP contribution in [0.15, 0.2) is 58.4 Å². The van der Waals surface area contributed by atoms with Crippen LogP contribution >= 0.6 is 11.8 Å². The topological polar surface area (TPSA) is 105 Å². The molecule has 0 unspecified atom stereocenters. The lowest BCUT2D eigenvalue weighted by Crippen LogP contribution is -2.19. The van der Waals surface area contributed by atoms with E-state index in [-0.39, 0.29) is 24.7 Å². The standard InChI is InChI=1S/C21H18N2O5S/c1-13(24)15-3-2-4-16(12-15)22-21-23-20(27)18(29-21)11-14-5-7-17(8-6-14)28-10-9-19(25)26/h2-8,11-12H,9-10H2,1H3,(H,25,26)(H,22,23,27)/b18-11+. The molecule has 1 heterocycles. The molecule has 0 atom stereocenters. The van der Waals surface area contributed by atoms with Crippen LogP contribution in [0.5, 0.6) is 5.75 Å². The van der Waals surface area contributed by atoms with Crippen LogP contribution in [0.2, 0.25) is 0 Å². The van der Waals surface area contributed by atoms with Gasteiger partial charge in [-0.2, -0.15) is 0 Å². The number of carbonyl (C=O) groups excluding carboxylic acids is 2. The zero-order valence-corrected chi connectivity index (χ0v) is 16.4. The van der Waals surface area contributed by atoms with E-state index in [9.17, 15) is 14.4 Å². The minimum Gasteiger partial charge on any atom is -0.493 e. The smallest absolute Gasteiger partial charge is 0.306 e. The lowest BCUT2D eigenvalue weighted by molar-refractivity contribution is -0.137. The number of hydrogen-bond donors (Lipinski definition) is 2. The van der Waals surface area contributed by atoms with Gasteiger partial charge in [0.25, 0.3) is 5.91 Å². The lowest BCUT2D eigenvalue weighted by atomic mass is 10.1. The largest absolute Gasteiger partial charge is 0.493 e. The Balaban J connectivity index is 1.68. The highest BCUT2D eigenvalue weighted by atomic mass is 32.2. The molecule has 3 rings (SSSR count). The summed E-state index contributed by atoms with van der Waals surface area (Å²) in [7, 11) is 0. The number of aliphatic imine (C=N–C) groups is 1. The Hall–Kier alpha value is -3.39. The molecular formula is C21H18N2O5S. The van der Waals surface area contributed by atoms with Crippen molar-refractivity contribution >= 4 is 46.4 Å². The monoisotopic (exact) mass is 410 g/mol. The van der Waals surface area contributed by atoms with E-state index in [0.29, 0.717) is 27.1 Å². The molecule has 0 saturated carbocycles. The Kier molecular flexibility index (Phi) is 6.46. The third-order valence-electron chi connectivity index (χ3n) is 3.90. The molecule has 2 aromatic carbocycles. The zero-order chi connectivity index (χ0) is 20.8. The number of Topliss-reactive ketones (excluding diaryl/α,β-unsaturated/α-hetero) is 1. The maximum Gasteiger partial charge on any atom is 0.306 e. The Morgan fingerprint density at radius 3 is 2.66 bits per heavy atom. The van der Waals surface area contributed by atoms with E-state index in [0.717, 1.165) is 5.56 Å². The fourth-order valence-corrected chi connectivity index (χ4v) is 3.30. The number of amides is 1. The van der Waals surface area contributed by atoms with Gasteiger partial charge in [0.2, 0.25) is 0 Å². The summed E-state index contributed by atoms with van der Waals surface area (Å²) in [6, 6.07) is 13.9. The first-order chi connectivity index (χ1) is 13.9. The Morgan fingerprint density at radius 2 is 1.97 bits per heavy atom. The predicted molar refractivity (Wildman–Crippen MR) is 111 cm³/mol. The van der Waals surface area contributed by atoms with Gasteiger partial charge in [0.05, 0.1) is 23.6 Å². The van der Waals surface area contributed by atoms with Gasteiger partial charge in [-0.05, 0) is 54.6 Å². The van der Waals surface area contributed by atoms with Crippen LogP contribution in [0.3, 0.4) is 0 Å². The van der Waals surface area contributed by atoms with Crippen molar-refractivity contribution in [3.63, 3.8) is 0 Å². The van der Waals surface area contributed by atoms with Gasteiger partial charge >= 0.3 is 5.97 Å². The SMILES string of the molecule is CC(=O)c1cccc(N=C2NC(=O)/C(=C\c3ccc(OCCC(=O)O)cc3)S2)c1. The zero-order valence-electron chi connectivity index (χ0n) is 15.5. The van der Waals surface area contributed by atoms with Gasteiger partial charge in [0.15, 0.2) is 11.0 Å². The molecule has 0 aliphatic carbocycles. The summed E-state index contributed by atoms with van der Waals surface area (Å²) in [4.78, 5) is 39.1. The van der Waals surface area contributed by atoms with Crippen LogP contribution in [-0.4, -0.2) is 34.5 Å². The molecule has 1 aliphatic rings. The van der Waals surface area contributed by atoms with Gasteiger partial charge in [-0.1, -0.05) is 24.3 Å². The summed E-state index contributed by atoms with van der Waals surface area (Å²) >= 11 is 1.21. The molecule has 2 N–H and O–H groups in total. The third-order valence-corrected chi connectivity index (χ3v) is 4.81. The summed E-state index contributed by atoms with van der Waals surface area (Å²) in [5.41, 5.74) is 1.94. The highest BCUT2D eigenvalue weighted by molar-refractivity contribution is 8.18. The van der Waals surface area contributed by atoms with E-state index in [1.807, 2.05) is 0 Å². The lowest BCUT2D eigenvalue weighted by Gasteiger charge is -2.04. The van der Waals surface area contributed by atoms with Crippen molar-refractivity contribution in [2.75, 3.05) is 6.61 Å². The molecule has 29 heavy (non-hydrogen) atoms. The van der Waals surface area contributed by atoms with Crippen molar-refractivity contribution in [2.45, 2.75) is 13.3 Å². The number of carboxylic acid groups (broad SMARTS) is 1. The highest BCUT2D eigenvalue weighted by Gasteiger charge is 2.23. The second-order valence-electron chi connectivity index (χ2n) is 6.15. The number of ether oxygens (including phenoxy) is 1. The van der Waals surface area contributed by atoms with Crippen molar-refractivity contribution in [3.05, 3.63) is 64.6 Å². The predicted octanol–water partition coefficient (Wildman–Crippen LogP) is 3.63. The second kappa shape index (κ2) is 9.20. The number of ketones is 1. The molecule has 7 nitrogen and oxygen atoms in total. The summed E-state index contributed by atoms with van der Waals surface area (Å²) in [6.07, 6.45) is 1.66. The average Bonchev–Trinajstić information content (AvgIpc) is 3.02. The number of carbonyl (C=O) groups is 3. The number of rotatable bonds is 7. The van der Waals surface area contributed by atoms with E-state index in [1.165, 1.54) is 18.7 Å². The number of nitrogens with zero attached hydrogens (tertiary/aromatic N) is 1. The highest BCUT2D eigenvalue weighted by Crippen LogP contribution is 2.28. The maximum absolute atomic E-state index is 12.2. The van der Waals surface area contributed by atoms with Gasteiger partial charge in [-0.3, -0.25) is 14.4 Å². The van der Waals surface area contributed by atoms with Crippen LogP contribution in [0.25, 0.3) is 6.08 Å². The summed E-state index contributed by atoms with van der Waals surface area (Å²) < 4.78 is 5.34. The van der Waals surface area contributed by atoms with Crippen molar-refractivity contribution in [1.29, 1.82) is 0 Å². The first-order valence-electron chi connectivity index (χ1n) is 8.76. The second-order valence-corrected chi connectivity index (χ2v) is 7.18. The van der Waals surface area contributed by atoms with Crippen molar-refractivity contribution in [3.8, 4) is 5.75 Å². The van der Waals surface area contributed by atoms with Gasteiger partial charge in [-0.15, -0.1) is 0 Å². The van der Waals surface area contributed by atoms with Crippen molar-refractivity contribution in [1.82, 2.24) is 5.32 Å². The average molecular weight is 410 g/mol. The fourth-order valence-electron chi connectivity index (χ4n) is 2.46. The number of hydrogen-bond acceptors (Lipinski definition) is 6. The molecule has 1 amide bonds. The van der Waals surface area contributed by atoms with Crippen LogP contribution in [-0.2, 0) is 9.59 Å². The molecule has 0 radical (unpaired) electrons. The van der Waals surface area contributed by atoms with Gasteiger partial charge in [-0.25, -0.2) is 4.99 Å². The maximum atomic E-state index is 12.2. The molecule has 1 saturated heterocycles. The normalized spacial score (nSPS) is 16.1. The number of benzene rings is 2. The number of carboxylic acids is 1. The molecule has 8 heteroatoms. The fraction of sp³-hybridized carbons (Fsp3) is 0.143. The van der Waals surface area contributed by atoms with E-state index in [2.05, 4.69) is 10.3 Å². The van der Waals surface area contributed by atoms with E-state index in [1.54, 1.807) is 54.6 Å². The van der Waals surface area contributed by atoms with Crippen LogP contribution < -0.4 is 10.1 Å². The minimum atomic E-state index is -0.916. The van der Waals surface area contributed by atoms with Crippen LogP contribution in [0, 0.1) is 0 Å². The summed E-state index contributed by atoms with van der Waals surface area (Å²) in [6.45, 7) is 1.58. The Morgan fingerprint density at radius 1 is 1.21 bits per heavy atom. The molecule has 1 aliphatic heterocycles. The minimum absolute atomic E-state index is 0.0499. The van der Waals surface area contributed by atoms with E-state index >= 15 is 0 Å². The molecule has 0 bridgehead atoms. The van der Waals surface area contributed by atoms with E-state index in [4.69, 9.17) is 9.84 Å². The molecule has 1 fully saturated rings. The molecule has 0 aromatic heterocycles. The Labute approximate surface area is 171 Å². The number of thioether (sulfide) groups is 1. The van der Waals surface area contributed by atoms with Gasteiger partial charge in [0, 0.05) is 5.56 Å². The molecule has 0 spiro atoms. The number of amidine groups is 1.